The van der Waals surface area contributed by atoms with E-state index in [0.717, 1.165) is 77.9 Å². The molecule has 0 aromatic heterocycles. The third-order valence-corrected chi connectivity index (χ3v) is 12.4. The van der Waals surface area contributed by atoms with E-state index in [2.05, 4.69) is 86.6 Å². The number of ether oxygens (including phenoxy) is 4. The molecule has 2 fully saturated rings. The summed E-state index contributed by atoms with van der Waals surface area (Å²) in [5.74, 6) is 5.68. The Balaban J connectivity index is 0.947. The van der Waals surface area contributed by atoms with Crippen LogP contribution in [0.15, 0.2) is 78.9 Å². The smallest absolute Gasteiger partial charge is 0.119 e. The van der Waals surface area contributed by atoms with Crippen molar-refractivity contribution in [1.29, 1.82) is 0 Å². The van der Waals surface area contributed by atoms with E-state index >= 15 is 0 Å². The van der Waals surface area contributed by atoms with Crippen molar-refractivity contribution in [2.75, 3.05) is 19.8 Å². The van der Waals surface area contributed by atoms with E-state index in [1.54, 1.807) is 0 Å². The van der Waals surface area contributed by atoms with E-state index in [9.17, 15) is 0 Å². The second-order valence-electron chi connectivity index (χ2n) is 16.8. The Morgan fingerprint density at radius 1 is 0.481 bits per heavy atom. The zero-order valence-corrected chi connectivity index (χ0v) is 34.2. The largest absolute Gasteiger partial charge is 0.494 e. The van der Waals surface area contributed by atoms with Crippen molar-refractivity contribution in [3.05, 3.63) is 95.6 Å². The average Bonchev–Trinajstić information content (AvgIpc) is 3.22. The Kier molecular flexibility index (Phi) is 19.9. The minimum absolute atomic E-state index is 0.146. The van der Waals surface area contributed by atoms with Crippen LogP contribution in [0.3, 0.4) is 0 Å². The fourth-order valence-corrected chi connectivity index (χ4v) is 8.86. The van der Waals surface area contributed by atoms with Crippen LogP contribution >= 0.6 is 0 Å². The fraction of sp³-hybridized carbons (Fsp3) is 0.640. The predicted molar refractivity (Wildman–Crippen MR) is 225 cm³/mol. The Hall–Kier alpha value is -2.82. The maximum Gasteiger partial charge on any atom is 0.119 e. The van der Waals surface area contributed by atoms with Crippen LogP contribution in [0.25, 0.3) is 0 Å². The van der Waals surface area contributed by atoms with Crippen molar-refractivity contribution in [2.24, 2.45) is 23.7 Å². The van der Waals surface area contributed by atoms with E-state index in [1.165, 1.54) is 116 Å². The van der Waals surface area contributed by atoms with Crippen LogP contribution in [0, 0.1) is 23.7 Å². The van der Waals surface area contributed by atoms with Crippen LogP contribution in [0.1, 0.15) is 165 Å². The molecule has 0 N–H and O–H groups in total. The van der Waals surface area contributed by atoms with E-state index in [1.807, 2.05) is 6.07 Å². The number of hydrogen-bond donors (Lipinski definition) is 0. The van der Waals surface area contributed by atoms with Crippen LogP contribution in [0.5, 0.6) is 11.5 Å². The molecular weight excluding hydrogens is 665 g/mol. The Labute approximate surface area is 330 Å². The topological polar surface area (TPSA) is 36.9 Å². The van der Waals surface area contributed by atoms with Gasteiger partial charge >= 0.3 is 0 Å². The molecule has 0 saturated heterocycles. The summed E-state index contributed by atoms with van der Waals surface area (Å²) in [6, 6.07) is 27.3. The summed E-state index contributed by atoms with van der Waals surface area (Å²) in [6.45, 7) is 7.77. The van der Waals surface area contributed by atoms with Gasteiger partial charge in [0.05, 0.1) is 33.0 Å². The standard InChI is InChI=1S/C50H74O4/c1-3-5-8-14-41-20-24-43(25-21-41)16-12-36-52-48-32-28-45(29-33-48)38-51-40-50(47-18-10-7-11-19-47)54-39-46-30-34-49(35-31-46)53-37-13-17-44-26-22-42(23-27-44)15-9-6-4-2/h7,10-11,18-19,28-35,41-44,50H,3-6,8-9,12-17,20-27,36-40H2,1-2H3/t41-,42-,43-,44-,50-/m0/s1. The zero-order valence-electron chi connectivity index (χ0n) is 34.2. The van der Waals surface area contributed by atoms with Crippen molar-refractivity contribution < 1.29 is 18.9 Å². The van der Waals surface area contributed by atoms with Gasteiger partial charge < -0.3 is 18.9 Å². The maximum absolute atomic E-state index is 6.45. The van der Waals surface area contributed by atoms with E-state index in [4.69, 9.17) is 18.9 Å². The normalized spacial score (nSPS) is 20.8. The number of unbranched alkanes of at least 4 members (excludes halogenated alkanes) is 4. The Morgan fingerprint density at radius 3 is 1.35 bits per heavy atom. The summed E-state index contributed by atoms with van der Waals surface area (Å²) in [7, 11) is 0. The van der Waals surface area contributed by atoms with Crippen LogP contribution in [-0.2, 0) is 22.7 Å². The molecule has 4 nitrogen and oxygen atoms in total. The van der Waals surface area contributed by atoms with Crippen molar-refractivity contribution in [2.45, 2.75) is 162 Å². The van der Waals surface area contributed by atoms with Crippen molar-refractivity contribution >= 4 is 0 Å². The molecule has 2 saturated carbocycles. The molecule has 0 aliphatic heterocycles. The summed E-state index contributed by atoms with van der Waals surface area (Å²) in [5, 5.41) is 0. The van der Waals surface area contributed by atoms with E-state index in [0.29, 0.717) is 19.8 Å². The molecule has 298 valence electrons. The quantitative estimate of drug-likeness (QED) is 0.0769. The highest BCUT2D eigenvalue weighted by molar-refractivity contribution is 5.28. The van der Waals surface area contributed by atoms with E-state index < -0.39 is 0 Å². The lowest BCUT2D eigenvalue weighted by molar-refractivity contribution is -0.0313. The molecule has 4 heteroatoms. The van der Waals surface area contributed by atoms with Gasteiger partial charge in [0.15, 0.2) is 0 Å². The third-order valence-electron chi connectivity index (χ3n) is 12.4. The molecule has 3 aromatic carbocycles. The Morgan fingerprint density at radius 2 is 0.907 bits per heavy atom. The SMILES string of the molecule is CCCCC[C@H]1CC[C@H](CCCOc2ccc(COC[C@H](OCc3ccc(OCCC[C@H]4CC[C@H](CCCCC)CC4)cc3)c3ccccc3)cc2)CC1. The Bertz CT molecular complexity index is 1340. The highest BCUT2D eigenvalue weighted by atomic mass is 16.5. The molecule has 0 radical (unpaired) electrons. The van der Waals surface area contributed by atoms with E-state index in [-0.39, 0.29) is 6.10 Å². The van der Waals surface area contributed by atoms with Gasteiger partial charge in [-0.2, -0.15) is 0 Å². The lowest BCUT2D eigenvalue weighted by Gasteiger charge is -2.28. The van der Waals surface area contributed by atoms with Gasteiger partial charge in [-0.25, -0.2) is 0 Å². The minimum Gasteiger partial charge on any atom is -0.494 e. The molecule has 1 atom stereocenters. The lowest BCUT2D eigenvalue weighted by atomic mass is 9.78. The summed E-state index contributed by atoms with van der Waals surface area (Å²) in [5.41, 5.74) is 3.41. The molecule has 0 unspecified atom stereocenters. The molecule has 0 bridgehead atoms. The van der Waals surface area contributed by atoms with Gasteiger partial charge in [-0.15, -0.1) is 0 Å². The third kappa shape index (κ3) is 16.1. The second-order valence-corrected chi connectivity index (χ2v) is 16.8. The molecular formula is C50H74O4. The van der Waals surface area contributed by atoms with Gasteiger partial charge in [-0.05, 0) is 90.3 Å². The first-order valence-electron chi connectivity index (χ1n) is 22.4. The van der Waals surface area contributed by atoms with Gasteiger partial charge in [-0.1, -0.05) is 171 Å². The van der Waals surface area contributed by atoms with Crippen molar-refractivity contribution in [3.63, 3.8) is 0 Å². The lowest BCUT2D eigenvalue weighted by Crippen LogP contribution is -2.15. The first-order valence-corrected chi connectivity index (χ1v) is 22.4. The van der Waals surface area contributed by atoms with Gasteiger partial charge in [0, 0.05) is 0 Å². The molecule has 5 rings (SSSR count). The molecule has 0 heterocycles. The molecule has 3 aromatic rings. The summed E-state index contributed by atoms with van der Waals surface area (Å²) < 4.78 is 24.9. The first-order chi connectivity index (χ1) is 26.7. The molecule has 0 amide bonds. The van der Waals surface area contributed by atoms with Gasteiger partial charge in [0.2, 0.25) is 0 Å². The van der Waals surface area contributed by atoms with Crippen LogP contribution in [0.4, 0.5) is 0 Å². The summed E-state index contributed by atoms with van der Waals surface area (Å²) in [4.78, 5) is 0. The monoisotopic (exact) mass is 739 g/mol. The highest BCUT2D eigenvalue weighted by Crippen LogP contribution is 2.35. The molecule has 2 aliphatic carbocycles. The van der Waals surface area contributed by atoms with Gasteiger partial charge in [0.1, 0.15) is 17.6 Å². The zero-order chi connectivity index (χ0) is 37.5. The number of benzene rings is 3. The van der Waals surface area contributed by atoms with Crippen LogP contribution in [-0.4, -0.2) is 19.8 Å². The number of rotatable bonds is 26. The molecule has 54 heavy (non-hydrogen) atoms. The highest BCUT2D eigenvalue weighted by Gasteiger charge is 2.22. The second kappa shape index (κ2) is 25.4. The van der Waals surface area contributed by atoms with Gasteiger partial charge in [-0.3, -0.25) is 0 Å². The first kappa shape index (κ1) is 42.3. The minimum atomic E-state index is -0.146. The van der Waals surface area contributed by atoms with Crippen molar-refractivity contribution in [3.8, 4) is 11.5 Å². The molecule has 2 aliphatic rings. The van der Waals surface area contributed by atoms with Crippen molar-refractivity contribution in [1.82, 2.24) is 0 Å². The summed E-state index contributed by atoms with van der Waals surface area (Å²) in [6.07, 6.45) is 27.5. The van der Waals surface area contributed by atoms with Gasteiger partial charge in [0.25, 0.3) is 0 Å². The average molecular weight is 739 g/mol. The predicted octanol–water partition coefficient (Wildman–Crippen LogP) is 14.3. The van der Waals surface area contributed by atoms with Crippen LogP contribution in [0.2, 0.25) is 0 Å². The summed E-state index contributed by atoms with van der Waals surface area (Å²) >= 11 is 0. The van der Waals surface area contributed by atoms with Crippen LogP contribution < -0.4 is 9.47 Å². The maximum atomic E-state index is 6.45. The fourth-order valence-electron chi connectivity index (χ4n) is 8.86. The molecule has 0 spiro atoms. The number of hydrogen-bond acceptors (Lipinski definition) is 4.